The predicted molar refractivity (Wildman–Crippen MR) is 75.3 cm³/mol. The second-order valence-corrected chi connectivity index (χ2v) is 4.82. The Balaban J connectivity index is 2.11. The van der Waals surface area contributed by atoms with Crippen LogP contribution in [-0.2, 0) is 4.74 Å². The van der Waals surface area contributed by atoms with Crippen LogP contribution in [0.1, 0.15) is 46.0 Å². The largest absolute Gasteiger partial charge is 0.376 e. The molecule has 1 rings (SSSR count). The maximum Gasteiger partial charge on any atom is 0.187 e. The first kappa shape index (κ1) is 14.4. The van der Waals surface area contributed by atoms with E-state index < -0.39 is 0 Å². The fraction of sp³-hybridized carbons (Fsp3) is 0.833. The number of hydrogen-bond donors (Lipinski definition) is 2. The molecule has 17 heavy (non-hydrogen) atoms. The number of unbranched alkanes of at least 4 members (excludes halogenated alkanes) is 1. The van der Waals surface area contributed by atoms with Crippen LogP contribution < -0.4 is 10.7 Å². The van der Waals surface area contributed by atoms with Gasteiger partial charge in [-0.3, -0.25) is 5.43 Å². The average Bonchev–Trinajstić information content (AvgIpc) is 2.84. The van der Waals surface area contributed by atoms with E-state index in [2.05, 4.69) is 22.8 Å². The van der Waals surface area contributed by atoms with Gasteiger partial charge in [0.1, 0.15) is 0 Å². The number of rotatable bonds is 6. The zero-order chi connectivity index (χ0) is 12.5. The third-order valence-corrected chi connectivity index (χ3v) is 2.99. The van der Waals surface area contributed by atoms with Crippen molar-refractivity contribution in [1.29, 1.82) is 0 Å². The second-order valence-electron chi connectivity index (χ2n) is 4.41. The van der Waals surface area contributed by atoms with Crippen molar-refractivity contribution in [2.75, 3.05) is 13.2 Å². The van der Waals surface area contributed by atoms with E-state index in [0.29, 0.717) is 11.2 Å². The van der Waals surface area contributed by atoms with Crippen LogP contribution in [0.2, 0.25) is 0 Å². The molecule has 0 aliphatic carbocycles. The molecule has 0 aromatic heterocycles. The summed E-state index contributed by atoms with van der Waals surface area (Å²) >= 11 is 5.13. The third-order valence-electron chi connectivity index (χ3n) is 2.75. The Labute approximate surface area is 109 Å². The van der Waals surface area contributed by atoms with E-state index in [4.69, 9.17) is 17.0 Å². The molecular weight excluding hydrogens is 234 g/mol. The van der Waals surface area contributed by atoms with Crippen molar-refractivity contribution in [3.8, 4) is 0 Å². The number of hydrogen-bond acceptors (Lipinski definition) is 3. The molecule has 1 heterocycles. The standard InChI is InChI=1S/C12H23N3OS/c1-3-4-6-10(2)14-15-12(17)13-9-11-7-5-8-16-11/h11H,3-9H2,1-2H3,(H2,13,15,17)/b14-10-/t11-/m1/s1. The van der Waals surface area contributed by atoms with Gasteiger partial charge in [-0.25, -0.2) is 0 Å². The first-order valence-electron chi connectivity index (χ1n) is 6.41. The normalized spacial score (nSPS) is 20.4. The van der Waals surface area contributed by atoms with Gasteiger partial charge in [-0.1, -0.05) is 13.3 Å². The van der Waals surface area contributed by atoms with Gasteiger partial charge in [0, 0.05) is 18.9 Å². The highest BCUT2D eigenvalue weighted by molar-refractivity contribution is 7.80. The lowest BCUT2D eigenvalue weighted by Gasteiger charge is -2.12. The molecule has 98 valence electrons. The summed E-state index contributed by atoms with van der Waals surface area (Å²) in [6, 6.07) is 0. The Bertz CT molecular complexity index is 262. The summed E-state index contributed by atoms with van der Waals surface area (Å²) in [4.78, 5) is 0. The fourth-order valence-corrected chi connectivity index (χ4v) is 1.82. The molecule has 0 aromatic rings. The zero-order valence-corrected chi connectivity index (χ0v) is 11.6. The Morgan fingerprint density at radius 2 is 2.35 bits per heavy atom. The molecule has 1 aliphatic heterocycles. The molecule has 0 spiro atoms. The summed E-state index contributed by atoms with van der Waals surface area (Å²) in [5.74, 6) is 0. The van der Waals surface area contributed by atoms with Gasteiger partial charge < -0.3 is 10.1 Å². The summed E-state index contributed by atoms with van der Waals surface area (Å²) in [5, 5.41) is 7.93. The Morgan fingerprint density at radius 1 is 1.53 bits per heavy atom. The summed E-state index contributed by atoms with van der Waals surface area (Å²) < 4.78 is 5.50. The van der Waals surface area contributed by atoms with Gasteiger partial charge >= 0.3 is 0 Å². The Kier molecular flexibility index (Phi) is 7.12. The minimum absolute atomic E-state index is 0.305. The number of nitrogens with one attached hydrogen (secondary N) is 2. The molecule has 5 heteroatoms. The van der Waals surface area contributed by atoms with Gasteiger partial charge in [-0.2, -0.15) is 5.10 Å². The molecule has 1 aliphatic rings. The molecule has 0 unspecified atom stereocenters. The van der Waals surface area contributed by atoms with Crippen molar-refractivity contribution in [2.45, 2.75) is 52.1 Å². The molecule has 1 saturated heterocycles. The molecule has 2 N–H and O–H groups in total. The number of hydrazone groups is 1. The van der Waals surface area contributed by atoms with E-state index in [1.54, 1.807) is 0 Å². The van der Waals surface area contributed by atoms with Crippen molar-refractivity contribution in [2.24, 2.45) is 5.10 Å². The molecule has 0 amide bonds. The number of ether oxygens (including phenoxy) is 1. The molecule has 0 aromatic carbocycles. The quantitative estimate of drug-likeness (QED) is 0.435. The third kappa shape index (κ3) is 6.58. The van der Waals surface area contributed by atoms with E-state index in [1.165, 1.54) is 12.8 Å². The van der Waals surface area contributed by atoms with Crippen LogP contribution in [0.25, 0.3) is 0 Å². The highest BCUT2D eigenvalue weighted by Gasteiger charge is 2.14. The van der Waals surface area contributed by atoms with Crippen molar-refractivity contribution in [3.05, 3.63) is 0 Å². The lowest BCUT2D eigenvalue weighted by atomic mass is 10.2. The van der Waals surface area contributed by atoms with Crippen LogP contribution in [0.5, 0.6) is 0 Å². The predicted octanol–water partition coefficient (Wildman–Crippen LogP) is 2.20. The van der Waals surface area contributed by atoms with Crippen LogP contribution in [-0.4, -0.2) is 30.1 Å². The average molecular weight is 257 g/mol. The van der Waals surface area contributed by atoms with E-state index >= 15 is 0 Å². The van der Waals surface area contributed by atoms with Gasteiger partial charge in [0.15, 0.2) is 5.11 Å². The molecule has 0 radical (unpaired) electrons. The van der Waals surface area contributed by atoms with Crippen LogP contribution >= 0.6 is 12.2 Å². The minimum atomic E-state index is 0.305. The Hall–Kier alpha value is -0.680. The summed E-state index contributed by atoms with van der Waals surface area (Å²) in [5.41, 5.74) is 3.96. The van der Waals surface area contributed by atoms with E-state index in [-0.39, 0.29) is 0 Å². The highest BCUT2D eigenvalue weighted by atomic mass is 32.1. The zero-order valence-electron chi connectivity index (χ0n) is 10.8. The van der Waals surface area contributed by atoms with Crippen LogP contribution in [0.4, 0.5) is 0 Å². The van der Waals surface area contributed by atoms with Crippen molar-refractivity contribution in [1.82, 2.24) is 10.7 Å². The first-order valence-corrected chi connectivity index (χ1v) is 6.81. The van der Waals surface area contributed by atoms with Crippen LogP contribution in [0, 0.1) is 0 Å². The molecule has 4 nitrogen and oxygen atoms in total. The maximum absolute atomic E-state index is 5.50. The second kappa shape index (κ2) is 8.42. The van der Waals surface area contributed by atoms with Crippen molar-refractivity contribution >= 4 is 23.0 Å². The van der Waals surface area contributed by atoms with Gasteiger partial charge in [0.2, 0.25) is 0 Å². The molecule has 0 saturated carbocycles. The fourth-order valence-electron chi connectivity index (χ4n) is 1.69. The molecule has 0 bridgehead atoms. The smallest absolute Gasteiger partial charge is 0.187 e. The van der Waals surface area contributed by atoms with Crippen molar-refractivity contribution in [3.63, 3.8) is 0 Å². The molecular formula is C12H23N3OS. The SMILES string of the molecule is CCCC/C(C)=N\NC(=S)NC[C@H]1CCCO1. The van der Waals surface area contributed by atoms with Crippen molar-refractivity contribution < 1.29 is 4.74 Å². The number of nitrogens with zero attached hydrogens (tertiary/aromatic N) is 1. The maximum atomic E-state index is 5.50. The lowest BCUT2D eigenvalue weighted by molar-refractivity contribution is 0.114. The summed E-state index contributed by atoms with van der Waals surface area (Å²) in [6.45, 7) is 5.84. The minimum Gasteiger partial charge on any atom is -0.376 e. The summed E-state index contributed by atoms with van der Waals surface area (Å²) in [6.07, 6.45) is 5.97. The van der Waals surface area contributed by atoms with Gasteiger partial charge in [-0.15, -0.1) is 0 Å². The number of thiocarbonyl (C=S) groups is 1. The van der Waals surface area contributed by atoms with Crippen LogP contribution in [0.3, 0.4) is 0 Å². The molecule has 1 atom stereocenters. The van der Waals surface area contributed by atoms with Gasteiger partial charge in [0.25, 0.3) is 0 Å². The van der Waals surface area contributed by atoms with Gasteiger partial charge in [0.05, 0.1) is 6.10 Å². The van der Waals surface area contributed by atoms with Crippen LogP contribution in [0.15, 0.2) is 5.10 Å². The Morgan fingerprint density at radius 3 is 3.00 bits per heavy atom. The van der Waals surface area contributed by atoms with E-state index in [9.17, 15) is 0 Å². The summed E-state index contributed by atoms with van der Waals surface area (Å²) in [7, 11) is 0. The monoisotopic (exact) mass is 257 g/mol. The van der Waals surface area contributed by atoms with E-state index in [0.717, 1.165) is 38.1 Å². The topological polar surface area (TPSA) is 45.7 Å². The lowest BCUT2D eigenvalue weighted by Crippen LogP contribution is -2.37. The molecule has 1 fully saturated rings. The first-order chi connectivity index (χ1) is 8.22. The van der Waals surface area contributed by atoms with E-state index in [1.807, 2.05) is 6.92 Å². The highest BCUT2D eigenvalue weighted by Crippen LogP contribution is 2.10. The van der Waals surface area contributed by atoms with Gasteiger partial charge in [-0.05, 0) is 44.8 Å².